The molecule has 3 aromatic rings. The van der Waals surface area contributed by atoms with Gasteiger partial charge in [0, 0.05) is 24.2 Å². The molecule has 168 valence electrons. The molecule has 4 rings (SSSR count). The van der Waals surface area contributed by atoms with Crippen molar-refractivity contribution in [1.29, 1.82) is 0 Å². The number of nitrogens with one attached hydrogen (secondary N) is 1. The normalized spacial score (nSPS) is 16.1. The first-order chi connectivity index (χ1) is 15.3. The summed E-state index contributed by atoms with van der Waals surface area (Å²) >= 11 is 1.38. The quantitative estimate of drug-likeness (QED) is 0.523. The first kappa shape index (κ1) is 22.8. The highest BCUT2D eigenvalue weighted by molar-refractivity contribution is 8.00. The average molecular weight is 470 g/mol. The monoisotopic (exact) mass is 469 g/mol. The van der Waals surface area contributed by atoms with Crippen LogP contribution < -0.4 is 5.32 Å². The molecule has 0 unspecified atom stereocenters. The van der Waals surface area contributed by atoms with Crippen LogP contribution in [0.5, 0.6) is 0 Å². The summed E-state index contributed by atoms with van der Waals surface area (Å²) in [6.45, 7) is 4.95. The fourth-order valence-electron chi connectivity index (χ4n) is 3.82. The maximum absolute atomic E-state index is 13.0. The number of benzene rings is 2. The van der Waals surface area contributed by atoms with Gasteiger partial charge in [-0.3, -0.25) is 4.79 Å². The van der Waals surface area contributed by atoms with Crippen LogP contribution in [-0.2, 0) is 14.8 Å². The van der Waals surface area contributed by atoms with Gasteiger partial charge in [-0.1, -0.05) is 36.4 Å². The van der Waals surface area contributed by atoms with Crippen molar-refractivity contribution in [1.82, 2.24) is 9.29 Å². The molecule has 0 aliphatic carbocycles. The molecular weight excluding hydrogens is 442 g/mol. The van der Waals surface area contributed by atoms with Crippen LogP contribution in [0.3, 0.4) is 0 Å². The number of hydrogen-bond acceptors (Lipinski definition) is 5. The van der Waals surface area contributed by atoms with E-state index in [0.29, 0.717) is 18.0 Å². The van der Waals surface area contributed by atoms with Gasteiger partial charge in [-0.15, -0.1) is 0 Å². The van der Waals surface area contributed by atoms with Crippen LogP contribution in [0.25, 0.3) is 10.9 Å². The Kier molecular flexibility index (Phi) is 6.83. The van der Waals surface area contributed by atoms with Crippen LogP contribution in [0.15, 0.2) is 64.5 Å². The molecule has 1 N–H and O–H groups in total. The van der Waals surface area contributed by atoms with Gasteiger partial charge in [0.2, 0.25) is 15.9 Å². The first-order valence-corrected chi connectivity index (χ1v) is 13.1. The average Bonchev–Trinajstić information content (AvgIpc) is 2.80. The molecule has 0 radical (unpaired) electrons. The van der Waals surface area contributed by atoms with E-state index in [9.17, 15) is 13.2 Å². The van der Waals surface area contributed by atoms with Gasteiger partial charge < -0.3 is 5.32 Å². The molecule has 1 amide bonds. The molecule has 1 fully saturated rings. The zero-order valence-electron chi connectivity index (χ0n) is 18.2. The summed E-state index contributed by atoms with van der Waals surface area (Å²) in [5.41, 5.74) is 2.42. The van der Waals surface area contributed by atoms with Crippen molar-refractivity contribution in [3.8, 4) is 0 Å². The molecule has 8 heteroatoms. The topological polar surface area (TPSA) is 79.4 Å². The van der Waals surface area contributed by atoms with Crippen molar-refractivity contribution in [3.63, 3.8) is 0 Å². The number of rotatable bonds is 6. The second-order valence-corrected chi connectivity index (χ2v) is 11.3. The van der Waals surface area contributed by atoms with E-state index in [4.69, 9.17) is 0 Å². The van der Waals surface area contributed by atoms with Crippen LogP contribution in [0, 0.1) is 6.92 Å². The van der Waals surface area contributed by atoms with Crippen molar-refractivity contribution in [3.05, 3.63) is 60.2 Å². The van der Waals surface area contributed by atoms with E-state index >= 15 is 0 Å². The summed E-state index contributed by atoms with van der Waals surface area (Å²) < 4.78 is 27.7. The van der Waals surface area contributed by atoms with E-state index in [2.05, 4.69) is 10.3 Å². The Morgan fingerprint density at radius 3 is 2.50 bits per heavy atom. The maximum atomic E-state index is 13.0. The highest BCUT2D eigenvalue weighted by Gasteiger charge is 2.26. The number of aromatic nitrogens is 1. The van der Waals surface area contributed by atoms with E-state index in [1.54, 1.807) is 22.5 Å². The molecule has 0 spiro atoms. The number of thioether (sulfide) groups is 1. The fraction of sp³-hybridized carbons (Fsp3) is 0.333. The number of piperidine rings is 1. The number of fused-ring (bicyclic) bond motifs is 1. The number of para-hydroxylation sites is 1. The smallest absolute Gasteiger partial charge is 0.243 e. The molecule has 6 nitrogen and oxygen atoms in total. The molecule has 0 saturated carbocycles. The molecular formula is C24H27N3O3S2. The Bertz CT molecular complexity index is 1220. The number of hydrogen-bond donors (Lipinski definition) is 1. The van der Waals surface area contributed by atoms with Crippen LogP contribution in [0.2, 0.25) is 0 Å². The lowest BCUT2D eigenvalue weighted by atomic mass is 10.1. The van der Waals surface area contributed by atoms with Gasteiger partial charge in [-0.2, -0.15) is 4.31 Å². The summed E-state index contributed by atoms with van der Waals surface area (Å²) in [4.78, 5) is 17.5. The Hall–Kier alpha value is -2.42. The van der Waals surface area contributed by atoms with Gasteiger partial charge in [-0.25, -0.2) is 13.4 Å². The van der Waals surface area contributed by atoms with Gasteiger partial charge in [0.1, 0.15) is 0 Å². The Morgan fingerprint density at radius 2 is 1.78 bits per heavy atom. The zero-order chi connectivity index (χ0) is 22.7. The number of anilines is 1. The van der Waals surface area contributed by atoms with Crippen molar-refractivity contribution in [2.45, 2.75) is 48.3 Å². The summed E-state index contributed by atoms with van der Waals surface area (Å²) in [6.07, 6.45) is 2.89. The summed E-state index contributed by atoms with van der Waals surface area (Å²) in [7, 11) is -3.49. The van der Waals surface area contributed by atoms with E-state index in [-0.39, 0.29) is 11.2 Å². The fourth-order valence-corrected chi connectivity index (χ4v) is 6.29. The standard InChI is InChI=1S/C24H27N3O3S2/c1-17-15-23(31-18(2)24(28)25-19-9-5-3-6-10-19)26-22-12-11-20(16-21(17)22)32(29,30)27-13-7-4-8-14-27/h3,5-6,9-12,15-16,18H,4,7-8,13-14H2,1-2H3,(H,25,28)/t18-/m1/s1. The first-order valence-electron chi connectivity index (χ1n) is 10.8. The van der Waals surface area contributed by atoms with E-state index < -0.39 is 10.0 Å². The number of sulfonamides is 1. The lowest BCUT2D eigenvalue weighted by Crippen LogP contribution is -2.35. The number of nitrogens with zero attached hydrogens (tertiary/aromatic N) is 2. The van der Waals surface area contributed by atoms with Gasteiger partial charge in [-0.05, 0) is 68.7 Å². The van der Waals surface area contributed by atoms with E-state index in [1.165, 1.54) is 11.8 Å². The Labute approximate surface area is 193 Å². The largest absolute Gasteiger partial charge is 0.325 e. The second-order valence-electron chi connectivity index (χ2n) is 8.04. The predicted molar refractivity (Wildman–Crippen MR) is 129 cm³/mol. The molecule has 1 aliphatic heterocycles. The van der Waals surface area contributed by atoms with Crippen LogP contribution in [-0.4, -0.2) is 42.0 Å². The molecule has 1 aliphatic rings. The van der Waals surface area contributed by atoms with Crippen LogP contribution in [0.1, 0.15) is 31.7 Å². The van der Waals surface area contributed by atoms with Crippen LogP contribution in [0.4, 0.5) is 5.69 Å². The highest BCUT2D eigenvalue weighted by Crippen LogP contribution is 2.30. The lowest BCUT2D eigenvalue weighted by Gasteiger charge is -2.26. The zero-order valence-corrected chi connectivity index (χ0v) is 19.9. The number of carbonyl (C=O) groups excluding carboxylic acids is 1. The molecule has 0 bridgehead atoms. The second kappa shape index (κ2) is 9.60. The third-order valence-corrected chi connectivity index (χ3v) is 8.54. The minimum atomic E-state index is -3.49. The third-order valence-electron chi connectivity index (χ3n) is 5.62. The van der Waals surface area contributed by atoms with E-state index in [0.717, 1.165) is 46.4 Å². The third kappa shape index (κ3) is 4.98. The molecule has 1 atom stereocenters. The molecule has 1 aromatic heterocycles. The number of carbonyl (C=O) groups is 1. The minimum absolute atomic E-state index is 0.0938. The minimum Gasteiger partial charge on any atom is -0.325 e. The Balaban J connectivity index is 1.53. The van der Waals surface area contributed by atoms with Gasteiger partial charge in [0.15, 0.2) is 0 Å². The summed E-state index contributed by atoms with van der Waals surface area (Å²) in [5.74, 6) is -0.0938. The Morgan fingerprint density at radius 1 is 1.06 bits per heavy atom. The number of amides is 1. The van der Waals surface area contributed by atoms with Gasteiger partial charge >= 0.3 is 0 Å². The van der Waals surface area contributed by atoms with Crippen molar-refractivity contribution in [2.24, 2.45) is 0 Å². The molecule has 2 heterocycles. The van der Waals surface area contributed by atoms with Crippen molar-refractivity contribution < 1.29 is 13.2 Å². The highest BCUT2D eigenvalue weighted by atomic mass is 32.2. The van der Waals surface area contributed by atoms with Gasteiger partial charge in [0.05, 0.1) is 20.7 Å². The molecule has 1 saturated heterocycles. The van der Waals surface area contributed by atoms with Crippen molar-refractivity contribution in [2.75, 3.05) is 18.4 Å². The maximum Gasteiger partial charge on any atom is 0.243 e. The van der Waals surface area contributed by atoms with Gasteiger partial charge in [0.25, 0.3) is 0 Å². The number of aryl methyl sites for hydroxylation is 1. The van der Waals surface area contributed by atoms with Crippen LogP contribution >= 0.6 is 11.8 Å². The lowest BCUT2D eigenvalue weighted by molar-refractivity contribution is -0.115. The molecule has 2 aromatic carbocycles. The summed E-state index contributed by atoms with van der Waals surface area (Å²) in [5, 5.41) is 4.12. The SMILES string of the molecule is Cc1cc(S[C@H](C)C(=O)Nc2ccccc2)nc2ccc(S(=O)(=O)N3CCCCC3)cc12. The summed E-state index contributed by atoms with van der Waals surface area (Å²) in [6, 6.07) is 16.4. The van der Waals surface area contributed by atoms with E-state index in [1.807, 2.05) is 50.2 Å². The molecule has 32 heavy (non-hydrogen) atoms. The number of pyridine rings is 1. The van der Waals surface area contributed by atoms with Crippen molar-refractivity contribution >= 4 is 44.3 Å². The predicted octanol–water partition coefficient (Wildman–Crippen LogP) is 4.84.